The van der Waals surface area contributed by atoms with Crippen LogP contribution in [0.1, 0.15) is 38.2 Å². The molecule has 3 heteroatoms. The molecule has 1 atom stereocenters. The van der Waals surface area contributed by atoms with E-state index in [0.29, 0.717) is 11.2 Å². The van der Waals surface area contributed by atoms with E-state index in [1.54, 1.807) is 6.20 Å². The predicted molar refractivity (Wildman–Crippen MR) is 69.0 cm³/mol. The van der Waals surface area contributed by atoms with E-state index in [2.05, 4.69) is 24.1 Å². The van der Waals surface area contributed by atoms with Crippen molar-refractivity contribution in [1.29, 1.82) is 0 Å². The first-order chi connectivity index (χ1) is 7.66. The van der Waals surface area contributed by atoms with Crippen molar-refractivity contribution >= 4 is 17.3 Å². The highest BCUT2D eigenvalue weighted by molar-refractivity contribution is 6.32. The van der Waals surface area contributed by atoms with Crippen molar-refractivity contribution in [3.8, 4) is 0 Å². The first kappa shape index (κ1) is 11.7. The molecule has 1 heterocycles. The molecule has 1 aromatic rings. The molecule has 0 saturated heterocycles. The number of aryl methyl sites for hydroxylation is 1. The molecule has 0 aromatic carbocycles. The average Bonchev–Trinajstić information content (AvgIpc) is 2.18. The van der Waals surface area contributed by atoms with Crippen LogP contribution in [0, 0.1) is 12.8 Å². The predicted octanol–water partition coefficient (Wildman–Crippen LogP) is 4.03. The van der Waals surface area contributed by atoms with Crippen LogP contribution in [0.15, 0.2) is 12.3 Å². The minimum atomic E-state index is 0.477. The zero-order valence-electron chi connectivity index (χ0n) is 9.96. The summed E-state index contributed by atoms with van der Waals surface area (Å²) in [4.78, 5) is 4.11. The normalized spacial score (nSPS) is 17.9. The van der Waals surface area contributed by atoms with E-state index < -0.39 is 0 Å². The first-order valence-electron chi connectivity index (χ1n) is 6.04. The van der Waals surface area contributed by atoms with Crippen molar-refractivity contribution < 1.29 is 0 Å². The lowest BCUT2D eigenvalue weighted by molar-refractivity contribution is 0.286. The summed E-state index contributed by atoms with van der Waals surface area (Å²) in [6, 6.07) is 2.47. The van der Waals surface area contributed by atoms with Gasteiger partial charge in [0.1, 0.15) is 0 Å². The molecule has 88 valence electrons. The number of hydrogen-bond acceptors (Lipinski definition) is 2. The Hall–Kier alpha value is -0.760. The molecule has 1 N–H and O–H groups in total. The molecule has 0 spiro atoms. The number of halogens is 1. The quantitative estimate of drug-likeness (QED) is 0.801. The van der Waals surface area contributed by atoms with Gasteiger partial charge in [-0.25, -0.2) is 4.98 Å². The maximum Gasteiger partial charge on any atom is 0.152 e. The molecule has 1 unspecified atom stereocenters. The molecule has 0 radical (unpaired) electrons. The molecular weight excluding hydrogens is 220 g/mol. The van der Waals surface area contributed by atoms with E-state index in [-0.39, 0.29) is 0 Å². The van der Waals surface area contributed by atoms with Crippen molar-refractivity contribution in [3.05, 3.63) is 23.0 Å². The Morgan fingerprint density at radius 2 is 2.31 bits per heavy atom. The lowest BCUT2D eigenvalue weighted by Crippen LogP contribution is -2.23. The van der Waals surface area contributed by atoms with Gasteiger partial charge in [-0.05, 0) is 37.8 Å². The molecule has 1 aromatic heterocycles. The lowest BCUT2D eigenvalue weighted by Gasteiger charge is -2.29. The van der Waals surface area contributed by atoms with Crippen LogP contribution in [0.4, 0.5) is 5.69 Å². The van der Waals surface area contributed by atoms with Gasteiger partial charge < -0.3 is 5.32 Å². The Bertz CT molecular complexity index is 341. The summed E-state index contributed by atoms with van der Waals surface area (Å²) in [5.74, 6) is 0.915. The zero-order valence-corrected chi connectivity index (χ0v) is 10.7. The number of nitrogens with zero attached hydrogens (tertiary/aromatic N) is 1. The molecule has 1 saturated carbocycles. The molecular formula is C13H19ClN2. The van der Waals surface area contributed by atoms with Gasteiger partial charge in [0.15, 0.2) is 5.15 Å². The fourth-order valence-electron chi connectivity index (χ4n) is 2.23. The topological polar surface area (TPSA) is 24.9 Å². The molecule has 16 heavy (non-hydrogen) atoms. The lowest BCUT2D eigenvalue weighted by atomic mass is 9.81. The maximum atomic E-state index is 6.08. The number of pyridine rings is 1. The van der Waals surface area contributed by atoms with Gasteiger partial charge in [-0.3, -0.25) is 0 Å². The fourth-order valence-corrected chi connectivity index (χ4v) is 2.49. The molecule has 0 amide bonds. The zero-order chi connectivity index (χ0) is 11.5. The van der Waals surface area contributed by atoms with Crippen molar-refractivity contribution in [3.63, 3.8) is 0 Å². The second-order valence-corrected chi connectivity index (χ2v) is 5.23. The van der Waals surface area contributed by atoms with Gasteiger partial charge in [0.2, 0.25) is 0 Å². The second kappa shape index (κ2) is 5.05. The summed E-state index contributed by atoms with van der Waals surface area (Å²) < 4.78 is 0. The van der Waals surface area contributed by atoms with E-state index in [4.69, 9.17) is 11.6 Å². The third-order valence-electron chi connectivity index (χ3n) is 3.42. The summed E-state index contributed by atoms with van der Waals surface area (Å²) >= 11 is 6.08. The Morgan fingerprint density at radius 3 is 2.88 bits per heavy atom. The summed E-state index contributed by atoms with van der Waals surface area (Å²) in [6.07, 6.45) is 7.19. The van der Waals surface area contributed by atoms with Crippen molar-refractivity contribution in [2.75, 3.05) is 5.32 Å². The van der Waals surface area contributed by atoms with Crippen LogP contribution in [0.3, 0.4) is 0 Å². The smallest absolute Gasteiger partial charge is 0.152 e. The molecule has 1 aliphatic rings. The van der Waals surface area contributed by atoms with E-state index in [1.165, 1.54) is 31.2 Å². The Labute approximate surface area is 102 Å². The molecule has 1 aliphatic carbocycles. The van der Waals surface area contributed by atoms with Crippen LogP contribution in [0.2, 0.25) is 5.15 Å². The highest BCUT2D eigenvalue weighted by Crippen LogP contribution is 2.32. The molecule has 0 bridgehead atoms. The van der Waals surface area contributed by atoms with E-state index in [0.717, 1.165) is 11.6 Å². The van der Waals surface area contributed by atoms with Crippen LogP contribution < -0.4 is 5.32 Å². The second-order valence-electron chi connectivity index (χ2n) is 4.87. The monoisotopic (exact) mass is 238 g/mol. The van der Waals surface area contributed by atoms with Gasteiger partial charge in [0.25, 0.3) is 0 Å². The first-order valence-corrected chi connectivity index (χ1v) is 6.42. The van der Waals surface area contributed by atoms with Gasteiger partial charge >= 0.3 is 0 Å². The van der Waals surface area contributed by atoms with Gasteiger partial charge in [0, 0.05) is 12.2 Å². The van der Waals surface area contributed by atoms with Crippen LogP contribution in [0.25, 0.3) is 0 Å². The maximum absolute atomic E-state index is 6.08. The van der Waals surface area contributed by atoms with E-state index in [1.807, 2.05) is 6.07 Å². The molecule has 0 aliphatic heterocycles. The van der Waals surface area contributed by atoms with Crippen molar-refractivity contribution in [1.82, 2.24) is 4.98 Å². The third-order valence-corrected chi connectivity index (χ3v) is 3.70. The van der Waals surface area contributed by atoms with Crippen LogP contribution >= 0.6 is 11.6 Å². The van der Waals surface area contributed by atoms with Crippen molar-refractivity contribution in [2.24, 2.45) is 5.92 Å². The Kier molecular flexibility index (Phi) is 3.70. The van der Waals surface area contributed by atoms with Crippen LogP contribution in [0.5, 0.6) is 0 Å². The van der Waals surface area contributed by atoms with E-state index >= 15 is 0 Å². The van der Waals surface area contributed by atoms with E-state index in [9.17, 15) is 0 Å². The minimum absolute atomic E-state index is 0.477. The SMILES string of the molecule is Cc1ccnc(Cl)c1NC(C)CC1CCC1. The summed E-state index contributed by atoms with van der Waals surface area (Å²) in [6.45, 7) is 4.28. The number of nitrogens with one attached hydrogen (secondary N) is 1. The van der Waals surface area contributed by atoms with Crippen LogP contribution in [-0.2, 0) is 0 Å². The highest BCUT2D eigenvalue weighted by atomic mass is 35.5. The number of hydrogen-bond donors (Lipinski definition) is 1. The molecule has 1 fully saturated rings. The summed E-state index contributed by atoms with van der Waals surface area (Å²) in [5.41, 5.74) is 2.16. The van der Waals surface area contributed by atoms with Gasteiger partial charge in [-0.1, -0.05) is 30.9 Å². The highest BCUT2D eigenvalue weighted by Gasteiger charge is 2.20. The average molecular weight is 239 g/mol. The largest absolute Gasteiger partial charge is 0.380 e. The summed E-state index contributed by atoms with van der Waals surface area (Å²) in [5, 5.41) is 4.07. The number of rotatable bonds is 4. The van der Waals surface area contributed by atoms with Gasteiger partial charge in [-0.2, -0.15) is 0 Å². The van der Waals surface area contributed by atoms with Crippen molar-refractivity contribution in [2.45, 2.75) is 45.6 Å². The number of anilines is 1. The third kappa shape index (κ3) is 2.67. The summed E-state index contributed by atoms with van der Waals surface area (Å²) in [7, 11) is 0. The van der Waals surface area contributed by atoms with Gasteiger partial charge in [0.05, 0.1) is 5.69 Å². The van der Waals surface area contributed by atoms with Crippen LogP contribution in [-0.4, -0.2) is 11.0 Å². The number of aromatic nitrogens is 1. The Morgan fingerprint density at radius 1 is 1.56 bits per heavy atom. The Balaban J connectivity index is 1.96. The van der Waals surface area contributed by atoms with Gasteiger partial charge in [-0.15, -0.1) is 0 Å². The minimum Gasteiger partial charge on any atom is -0.380 e. The standard InChI is InChI=1S/C13H19ClN2/c1-9-6-7-15-13(14)12(9)16-10(2)8-11-4-3-5-11/h6-7,10-11,16H,3-5,8H2,1-2H3. The fraction of sp³-hybridized carbons (Fsp3) is 0.615. The molecule has 2 rings (SSSR count). The molecule has 2 nitrogen and oxygen atoms in total.